The first-order valence-corrected chi connectivity index (χ1v) is 8.86. The molecular weight excluding hydrogens is 412 g/mol. The number of ether oxygens (including phenoxy) is 1. The fourth-order valence-electron chi connectivity index (χ4n) is 2.35. The number of carbonyl (C=O) groups is 3. The van der Waals surface area contributed by atoms with Gasteiger partial charge in [0.25, 0.3) is 16.8 Å². The number of hydrogen-bond acceptors (Lipinski definition) is 8. The number of nitro groups is 1. The normalized spacial score (nSPS) is 15.4. The Morgan fingerprint density at radius 1 is 1.36 bits per heavy atom. The maximum absolute atomic E-state index is 12.3. The van der Waals surface area contributed by atoms with Crippen LogP contribution in [0.5, 0.6) is 0 Å². The van der Waals surface area contributed by atoms with Crippen LogP contribution in [-0.2, 0) is 14.3 Å². The second-order valence-corrected chi connectivity index (χ2v) is 6.87. The lowest BCUT2D eigenvalue weighted by Crippen LogP contribution is -2.34. The van der Waals surface area contributed by atoms with Gasteiger partial charge in [-0.05, 0) is 30.0 Å². The number of hydrogen-bond donors (Lipinski definition) is 0. The van der Waals surface area contributed by atoms with Crippen LogP contribution in [-0.4, -0.2) is 40.6 Å². The predicted octanol–water partition coefficient (Wildman–Crippen LogP) is 3.72. The summed E-state index contributed by atoms with van der Waals surface area (Å²) in [6.07, 6.45) is 1.34. The lowest BCUT2D eigenvalue weighted by atomic mass is 10.1. The maximum atomic E-state index is 12.3. The summed E-state index contributed by atoms with van der Waals surface area (Å²) in [5.41, 5.74) is 0.163. The Bertz CT molecular complexity index is 1030. The van der Waals surface area contributed by atoms with Gasteiger partial charge < -0.3 is 9.15 Å². The molecule has 1 aromatic heterocycles. The molecule has 0 N–H and O–H groups in total. The Balaban J connectivity index is 1.86. The van der Waals surface area contributed by atoms with Crippen molar-refractivity contribution in [3.63, 3.8) is 0 Å². The van der Waals surface area contributed by atoms with Gasteiger partial charge in [0.2, 0.25) is 0 Å². The molecule has 0 bridgehead atoms. The molecule has 28 heavy (non-hydrogen) atoms. The quantitative estimate of drug-likeness (QED) is 0.309. The van der Waals surface area contributed by atoms with Gasteiger partial charge in [0, 0.05) is 23.8 Å². The molecule has 2 heterocycles. The number of nitro benzene ring substituents is 1. The van der Waals surface area contributed by atoms with Gasteiger partial charge >= 0.3 is 5.97 Å². The average Bonchev–Trinajstić information content (AvgIpc) is 3.22. The third-order valence-corrected chi connectivity index (χ3v) is 4.95. The van der Waals surface area contributed by atoms with Gasteiger partial charge in [0.05, 0.1) is 22.0 Å². The summed E-state index contributed by atoms with van der Waals surface area (Å²) in [5, 5.41) is 10.6. The minimum Gasteiger partial charge on any atom is -0.468 e. The van der Waals surface area contributed by atoms with Gasteiger partial charge in [-0.15, -0.1) is 0 Å². The molecule has 0 saturated carbocycles. The van der Waals surface area contributed by atoms with Crippen molar-refractivity contribution >= 4 is 52.2 Å². The molecule has 11 heteroatoms. The second kappa shape index (κ2) is 7.87. The van der Waals surface area contributed by atoms with Crippen molar-refractivity contribution in [2.45, 2.75) is 0 Å². The number of benzene rings is 1. The number of halogens is 1. The SMILES string of the molecule is COC(=O)CN1C(=O)S/C(=C/c2ccc(-c3cc([N+](=O)[O-])ccc3Cl)o2)C1=O. The third-order valence-electron chi connectivity index (χ3n) is 3.71. The Morgan fingerprint density at radius 2 is 2.11 bits per heavy atom. The summed E-state index contributed by atoms with van der Waals surface area (Å²) < 4.78 is 10.1. The number of imide groups is 1. The smallest absolute Gasteiger partial charge is 0.325 e. The number of methoxy groups -OCH3 is 1. The molecule has 1 aliphatic rings. The average molecular weight is 423 g/mol. The Hall–Kier alpha value is -3.11. The summed E-state index contributed by atoms with van der Waals surface area (Å²) in [6, 6.07) is 6.99. The molecule has 3 rings (SSSR count). The number of rotatable bonds is 5. The largest absolute Gasteiger partial charge is 0.468 e. The summed E-state index contributed by atoms with van der Waals surface area (Å²) in [7, 11) is 1.15. The fraction of sp³-hybridized carbons (Fsp3) is 0.118. The van der Waals surface area contributed by atoms with Crippen LogP contribution >= 0.6 is 23.4 Å². The van der Waals surface area contributed by atoms with E-state index in [1.165, 1.54) is 36.4 Å². The van der Waals surface area contributed by atoms with Crippen LogP contribution < -0.4 is 0 Å². The van der Waals surface area contributed by atoms with Gasteiger partial charge in [0.15, 0.2) is 0 Å². The lowest BCUT2D eigenvalue weighted by molar-refractivity contribution is -0.384. The molecule has 0 atom stereocenters. The van der Waals surface area contributed by atoms with E-state index in [0.717, 1.165) is 12.0 Å². The molecule has 2 amide bonds. The van der Waals surface area contributed by atoms with E-state index in [-0.39, 0.29) is 27.1 Å². The number of non-ortho nitro benzene ring substituents is 1. The lowest BCUT2D eigenvalue weighted by Gasteiger charge is -2.09. The second-order valence-electron chi connectivity index (χ2n) is 5.47. The van der Waals surface area contributed by atoms with Crippen molar-refractivity contribution in [3.8, 4) is 11.3 Å². The number of carbonyl (C=O) groups excluding carboxylic acids is 3. The van der Waals surface area contributed by atoms with Gasteiger partial charge in [-0.1, -0.05) is 11.6 Å². The number of amides is 2. The predicted molar refractivity (Wildman–Crippen MR) is 101 cm³/mol. The highest BCUT2D eigenvalue weighted by molar-refractivity contribution is 8.18. The van der Waals surface area contributed by atoms with E-state index in [9.17, 15) is 24.5 Å². The molecule has 2 aromatic rings. The molecule has 9 nitrogen and oxygen atoms in total. The van der Waals surface area contributed by atoms with Crippen molar-refractivity contribution in [2.24, 2.45) is 0 Å². The van der Waals surface area contributed by atoms with Crippen molar-refractivity contribution in [3.05, 3.63) is 56.1 Å². The molecule has 0 spiro atoms. The van der Waals surface area contributed by atoms with E-state index in [1.54, 1.807) is 0 Å². The van der Waals surface area contributed by atoms with E-state index in [2.05, 4.69) is 4.74 Å². The summed E-state index contributed by atoms with van der Waals surface area (Å²) >= 11 is 6.75. The van der Waals surface area contributed by atoms with Crippen molar-refractivity contribution < 1.29 is 28.5 Å². The standard InChI is InChI=1S/C17H11ClN2O7S/c1-26-15(21)8-19-16(22)14(28-17(19)23)7-10-3-5-13(27-10)11-6-9(20(24)25)2-4-12(11)18/h2-7H,8H2,1H3/b14-7+. The van der Waals surface area contributed by atoms with Crippen LogP contribution in [0.15, 0.2) is 39.7 Å². The van der Waals surface area contributed by atoms with Crippen LogP contribution in [0.1, 0.15) is 5.76 Å². The van der Waals surface area contributed by atoms with Gasteiger partial charge in [-0.25, -0.2) is 0 Å². The van der Waals surface area contributed by atoms with Crippen LogP contribution in [0.2, 0.25) is 5.02 Å². The minimum absolute atomic E-state index is 0.0694. The number of furan rings is 1. The van der Waals surface area contributed by atoms with Crippen LogP contribution in [0.25, 0.3) is 17.4 Å². The highest BCUT2D eigenvalue weighted by Gasteiger charge is 2.36. The van der Waals surface area contributed by atoms with Gasteiger partial charge in [-0.3, -0.25) is 29.4 Å². The zero-order valence-corrected chi connectivity index (χ0v) is 15.8. The highest BCUT2D eigenvalue weighted by Crippen LogP contribution is 2.35. The number of esters is 1. The molecule has 1 aromatic carbocycles. The molecular formula is C17H11ClN2O7S. The molecule has 1 fully saturated rings. The fourth-order valence-corrected chi connectivity index (χ4v) is 3.38. The first-order valence-electron chi connectivity index (χ1n) is 7.66. The van der Waals surface area contributed by atoms with Gasteiger partial charge in [-0.2, -0.15) is 0 Å². The van der Waals surface area contributed by atoms with Crippen molar-refractivity contribution in [1.82, 2.24) is 4.90 Å². The monoisotopic (exact) mass is 422 g/mol. The zero-order valence-electron chi connectivity index (χ0n) is 14.2. The Morgan fingerprint density at radius 3 is 2.79 bits per heavy atom. The van der Waals surface area contributed by atoms with Crippen molar-refractivity contribution in [1.29, 1.82) is 0 Å². The Labute approximate surface area is 167 Å². The Kier molecular flexibility index (Phi) is 5.52. The van der Waals surface area contributed by atoms with Crippen LogP contribution in [0, 0.1) is 10.1 Å². The molecule has 1 saturated heterocycles. The maximum Gasteiger partial charge on any atom is 0.325 e. The minimum atomic E-state index is -0.718. The molecule has 1 aliphatic heterocycles. The number of nitrogens with zero attached hydrogens (tertiary/aromatic N) is 2. The molecule has 0 unspecified atom stereocenters. The first kappa shape index (κ1) is 19.6. The number of thioether (sulfide) groups is 1. The zero-order chi connectivity index (χ0) is 20.4. The van der Waals surface area contributed by atoms with Gasteiger partial charge in [0.1, 0.15) is 18.1 Å². The highest BCUT2D eigenvalue weighted by atomic mass is 35.5. The topological polar surface area (TPSA) is 120 Å². The van der Waals surface area contributed by atoms with Crippen LogP contribution in [0.4, 0.5) is 10.5 Å². The van der Waals surface area contributed by atoms with E-state index in [4.69, 9.17) is 16.0 Å². The molecule has 0 radical (unpaired) electrons. The van der Waals surface area contributed by atoms with E-state index in [0.29, 0.717) is 17.3 Å². The summed E-state index contributed by atoms with van der Waals surface area (Å²) in [5.74, 6) is -0.870. The summed E-state index contributed by atoms with van der Waals surface area (Å²) in [4.78, 5) is 46.7. The third kappa shape index (κ3) is 3.92. The van der Waals surface area contributed by atoms with Crippen LogP contribution in [0.3, 0.4) is 0 Å². The van der Waals surface area contributed by atoms with Crippen molar-refractivity contribution in [2.75, 3.05) is 13.7 Å². The summed E-state index contributed by atoms with van der Waals surface area (Å²) in [6.45, 7) is -0.481. The van der Waals surface area contributed by atoms with E-state index >= 15 is 0 Å². The van der Waals surface area contributed by atoms with E-state index < -0.39 is 28.6 Å². The molecule has 0 aliphatic carbocycles. The van der Waals surface area contributed by atoms with E-state index in [1.807, 2.05) is 0 Å². The first-order chi connectivity index (χ1) is 13.3. The molecule has 144 valence electrons.